The molecule has 0 aliphatic rings. The van der Waals surface area contributed by atoms with E-state index in [1.807, 2.05) is 6.07 Å². The maximum atomic E-state index is 12.4. The van der Waals surface area contributed by atoms with Crippen molar-refractivity contribution in [2.24, 2.45) is 0 Å². The van der Waals surface area contributed by atoms with Crippen molar-refractivity contribution < 1.29 is 9.53 Å². The van der Waals surface area contributed by atoms with Crippen molar-refractivity contribution in [3.63, 3.8) is 0 Å². The zero-order valence-electron chi connectivity index (χ0n) is 14.0. The minimum absolute atomic E-state index is 0.132. The second-order valence-corrected chi connectivity index (χ2v) is 5.90. The Labute approximate surface area is 155 Å². The number of benzene rings is 2. The van der Waals surface area contributed by atoms with Crippen LogP contribution in [0.3, 0.4) is 0 Å². The Hall–Kier alpha value is -3.12. The first-order valence-corrected chi connectivity index (χ1v) is 8.21. The largest absolute Gasteiger partial charge is 0.497 e. The molecule has 26 heavy (non-hydrogen) atoms. The molecule has 0 unspecified atom stereocenters. The molecule has 1 heterocycles. The summed E-state index contributed by atoms with van der Waals surface area (Å²) >= 11 is 6.13. The smallest absolute Gasteiger partial charge is 0.276 e. The minimum Gasteiger partial charge on any atom is -0.497 e. The zero-order valence-corrected chi connectivity index (χ0v) is 14.7. The number of halogens is 1. The van der Waals surface area contributed by atoms with Crippen LogP contribution >= 0.6 is 11.6 Å². The molecule has 0 atom stereocenters. The van der Waals surface area contributed by atoms with E-state index >= 15 is 0 Å². The van der Waals surface area contributed by atoms with Gasteiger partial charge < -0.3 is 10.1 Å². The van der Waals surface area contributed by atoms with Crippen LogP contribution in [0.5, 0.6) is 5.75 Å². The van der Waals surface area contributed by atoms with Crippen LogP contribution in [0.15, 0.2) is 65.5 Å². The van der Waals surface area contributed by atoms with Gasteiger partial charge in [0, 0.05) is 16.8 Å². The number of hydrogen-bond donors (Lipinski definition) is 1. The fraction of sp³-hybridized carbons (Fsp3) is 0.105. The molecular weight excluding hydrogens is 354 g/mol. The lowest BCUT2D eigenvalue weighted by Crippen LogP contribution is -2.26. The maximum absolute atomic E-state index is 12.4. The Kier molecular flexibility index (Phi) is 5.34. The summed E-state index contributed by atoms with van der Waals surface area (Å²) in [6.45, 7) is 0.183. The first-order valence-electron chi connectivity index (χ1n) is 7.84. The second kappa shape index (κ2) is 7.84. The monoisotopic (exact) mass is 369 g/mol. The van der Waals surface area contributed by atoms with Crippen LogP contribution < -0.4 is 15.6 Å². The molecular formula is C19H16ClN3O3. The fourth-order valence-corrected chi connectivity index (χ4v) is 2.54. The summed E-state index contributed by atoms with van der Waals surface area (Å²) in [5, 5.41) is 7.42. The van der Waals surface area contributed by atoms with Crippen LogP contribution in [0, 0.1) is 0 Å². The van der Waals surface area contributed by atoms with Crippen LogP contribution in [0.4, 0.5) is 5.69 Å². The Morgan fingerprint density at radius 1 is 1.12 bits per heavy atom. The summed E-state index contributed by atoms with van der Waals surface area (Å²) < 4.78 is 6.29. The van der Waals surface area contributed by atoms with Gasteiger partial charge in [0.25, 0.3) is 11.5 Å². The SMILES string of the molecule is COc1ccc(NC(=O)c2ccc(=O)n(Cc3ccccc3Cl)n2)cc1. The third-order valence-electron chi connectivity index (χ3n) is 3.73. The molecule has 1 amide bonds. The zero-order chi connectivity index (χ0) is 18.5. The Bertz CT molecular complexity index is 984. The molecule has 0 aliphatic carbocycles. The van der Waals surface area contributed by atoms with Crippen molar-refractivity contribution in [2.45, 2.75) is 6.54 Å². The average molecular weight is 370 g/mol. The molecule has 1 aromatic heterocycles. The molecule has 6 nitrogen and oxygen atoms in total. The summed E-state index contributed by atoms with van der Waals surface area (Å²) in [6, 6.07) is 16.8. The molecule has 0 aliphatic heterocycles. The lowest BCUT2D eigenvalue weighted by atomic mass is 10.2. The van der Waals surface area contributed by atoms with Crippen molar-refractivity contribution in [1.29, 1.82) is 0 Å². The molecule has 1 N–H and O–H groups in total. The predicted molar refractivity (Wildman–Crippen MR) is 100.0 cm³/mol. The number of hydrogen-bond acceptors (Lipinski definition) is 4. The number of nitrogens with zero attached hydrogens (tertiary/aromatic N) is 2. The lowest BCUT2D eigenvalue weighted by Gasteiger charge is -2.09. The summed E-state index contributed by atoms with van der Waals surface area (Å²) in [6.07, 6.45) is 0. The lowest BCUT2D eigenvalue weighted by molar-refractivity contribution is 0.102. The van der Waals surface area contributed by atoms with Crippen molar-refractivity contribution in [3.8, 4) is 5.75 Å². The van der Waals surface area contributed by atoms with Gasteiger partial charge in [0.05, 0.1) is 13.7 Å². The molecule has 0 spiro atoms. The predicted octanol–water partition coefficient (Wildman–Crippen LogP) is 3.21. The number of aromatic nitrogens is 2. The van der Waals surface area contributed by atoms with Gasteiger partial charge >= 0.3 is 0 Å². The Morgan fingerprint density at radius 3 is 2.54 bits per heavy atom. The van der Waals surface area contributed by atoms with Gasteiger partial charge in [-0.15, -0.1) is 0 Å². The van der Waals surface area contributed by atoms with Crippen molar-refractivity contribution >= 4 is 23.2 Å². The van der Waals surface area contributed by atoms with Crippen molar-refractivity contribution in [2.75, 3.05) is 12.4 Å². The van der Waals surface area contributed by atoms with E-state index in [2.05, 4.69) is 10.4 Å². The normalized spacial score (nSPS) is 10.4. The van der Waals surface area contributed by atoms with E-state index in [1.54, 1.807) is 49.6 Å². The third-order valence-corrected chi connectivity index (χ3v) is 4.09. The first kappa shape index (κ1) is 17.7. The fourth-order valence-electron chi connectivity index (χ4n) is 2.34. The number of anilines is 1. The van der Waals surface area contributed by atoms with Gasteiger partial charge in [-0.05, 0) is 42.0 Å². The molecule has 0 radical (unpaired) electrons. The van der Waals surface area contributed by atoms with Gasteiger partial charge in [0.2, 0.25) is 0 Å². The summed E-state index contributed by atoms with van der Waals surface area (Å²) in [4.78, 5) is 24.5. The number of carbonyl (C=O) groups excluding carboxylic acids is 1. The molecule has 3 rings (SSSR count). The van der Waals surface area contributed by atoms with Gasteiger partial charge in [-0.1, -0.05) is 29.8 Å². The maximum Gasteiger partial charge on any atom is 0.276 e. The van der Waals surface area contributed by atoms with Gasteiger partial charge in [-0.2, -0.15) is 5.10 Å². The van der Waals surface area contributed by atoms with E-state index in [-0.39, 0.29) is 17.8 Å². The number of amides is 1. The van der Waals surface area contributed by atoms with E-state index in [4.69, 9.17) is 16.3 Å². The molecule has 0 bridgehead atoms. The highest BCUT2D eigenvalue weighted by atomic mass is 35.5. The van der Waals surface area contributed by atoms with Crippen LogP contribution in [-0.4, -0.2) is 22.8 Å². The standard InChI is InChI=1S/C19H16ClN3O3/c1-26-15-8-6-14(7-9-15)21-19(25)17-10-11-18(24)23(22-17)12-13-4-2-3-5-16(13)20/h2-11H,12H2,1H3,(H,21,25). The highest BCUT2D eigenvalue weighted by molar-refractivity contribution is 6.31. The number of methoxy groups -OCH3 is 1. The molecule has 0 saturated heterocycles. The Balaban J connectivity index is 1.80. The van der Waals surface area contributed by atoms with E-state index in [1.165, 1.54) is 16.8 Å². The molecule has 3 aromatic rings. The van der Waals surface area contributed by atoms with Gasteiger partial charge in [0.1, 0.15) is 11.4 Å². The van der Waals surface area contributed by atoms with E-state index in [0.29, 0.717) is 16.5 Å². The summed E-state index contributed by atoms with van der Waals surface area (Å²) in [7, 11) is 1.57. The van der Waals surface area contributed by atoms with Crippen LogP contribution in [0.1, 0.15) is 16.1 Å². The van der Waals surface area contributed by atoms with Gasteiger partial charge in [-0.25, -0.2) is 4.68 Å². The van der Waals surface area contributed by atoms with Crippen LogP contribution in [0.25, 0.3) is 0 Å². The molecule has 0 fully saturated rings. The van der Waals surface area contributed by atoms with Gasteiger partial charge in [0.15, 0.2) is 0 Å². The van der Waals surface area contributed by atoms with Gasteiger partial charge in [-0.3, -0.25) is 9.59 Å². The highest BCUT2D eigenvalue weighted by Gasteiger charge is 2.11. The number of nitrogens with one attached hydrogen (secondary N) is 1. The van der Waals surface area contributed by atoms with Crippen LogP contribution in [0.2, 0.25) is 5.02 Å². The van der Waals surface area contributed by atoms with E-state index in [0.717, 1.165) is 5.56 Å². The number of ether oxygens (including phenoxy) is 1. The molecule has 7 heteroatoms. The average Bonchev–Trinajstić information content (AvgIpc) is 2.66. The second-order valence-electron chi connectivity index (χ2n) is 5.49. The number of carbonyl (C=O) groups is 1. The van der Waals surface area contributed by atoms with E-state index < -0.39 is 5.91 Å². The summed E-state index contributed by atoms with van der Waals surface area (Å²) in [5.74, 6) is 0.275. The molecule has 0 saturated carbocycles. The number of rotatable bonds is 5. The Morgan fingerprint density at radius 2 is 1.85 bits per heavy atom. The van der Waals surface area contributed by atoms with Crippen molar-refractivity contribution in [3.05, 3.63) is 87.3 Å². The van der Waals surface area contributed by atoms with Crippen LogP contribution in [-0.2, 0) is 6.54 Å². The quantitative estimate of drug-likeness (QED) is 0.749. The minimum atomic E-state index is -0.414. The molecule has 2 aromatic carbocycles. The summed E-state index contributed by atoms with van der Waals surface area (Å²) in [5.41, 5.74) is 1.16. The van der Waals surface area contributed by atoms with E-state index in [9.17, 15) is 9.59 Å². The highest BCUT2D eigenvalue weighted by Crippen LogP contribution is 2.16. The molecule has 132 valence electrons. The first-order chi connectivity index (χ1) is 12.6. The van der Waals surface area contributed by atoms with Crippen molar-refractivity contribution in [1.82, 2.24) is 9.78 Å². The topological polar surface area (TPSA) is 73.2 Å². The third kappa shape index (κ3) is 4.10.